The van der Waals surface area contributed by atoms with E-state index in [9.17, 15) is 4.79 Å². The van der Waals surface area contributed by atoms with E-state index in [1.165, 1.54) is 12.4 Å². The highest BCUT2D eigenvalue weighted by Crippen LogP contribution is 2.19. The summed E-state index contributed by atoms with van der Waals surface area (Å²) in [6.45, 7) is 6.97. The van der Waals surface area contributed by atoms with Crippen LogP contribution in [0.2, 0.25) is 0 Å². The second-order valence-corrected chi connectivity index (χ2v) is 5.80. The third kappa shape index (κ3) is 4.67. The summed E-state index contributed by atoms with van der Waals surface area (Å²) in [4.78, 5) is 21.0. The molecule has 0 unspecified atom stereocenters. The van der Waals surface area contributed by atoms with E-state index in [0.717, 1.165) is 44.8 Å². The largest absolute Gasteiger partial charge is 0.476 e. The van der Waals surface area contributed by atoms with Gasteiger partial charge in [0.25, 0.3) is 0 Å². The fourth-order valence-electron chi connectivity index (χ4n) is 2.32. The van der Waals surface area contributed by atoms with Crippen molar-refractivity contribution in [2.75, 3.05) is 24.6 Å². The van der Waals surface area contributed by atoms with Gasteiger partial charge in [0.15, 0.2) is 5.69 Å². The van der Waals surface area contributed by atoms with Gasteiger partial charge in [-0.3, -0.25) is 0 Å². The molecule has 1 N–H and O–H groups in total. The van der Waals surface area contributed by atoms with Crippen LogP contribution in [0.25, 0.3) is 0 Å². The van der Waals surface area contributed by atoms with E-state index in [1.807, 2.05) is 0 Å². The molecule has 0 radical (unpaired) electrons. The zero-order chi connectivity index (χ0) is 15.2. The van der Waals surface area contributed by atoms with E-state index >= 15 is 0 Å². The van der Waals surface area contributed by atoms with Crippen molar-refractivity contribution in [3.05, 3.63) is 18.1 Å². The van der Waals surface area contributed by atoms with Gasteiger partial charge >= 0.3 is 5.97 Å². The number of anilines is 1. The summed E-state index contributed by atoms with van der Waals surface area (Å²) in [7, 11) is 0. The van der Waals surface area contributed by atoms with Crippen molar-refractivity contribution in [3.8, 4) is 0 Å². The molecular formula is C15H23N3O3. The van der Waals surface area contributed by atoms with Gasteiger partial charge in [-0.2, -0.15) is 0 Å². The van der Waals surface area contributed by atoms with Gasteiger partial charge in [0, 0.05) is 19.7 Å². The minimum atomic E-state index is -1.05. The van der Waals surface area contributed by atoms with Crippen molar-refractivity contribution in [1.82, 2.24) is 9.97 Å². The lowest BCUT2D eigenvalue weighted by Crippen LogP contribution is -2.37. The van der Waals surface area contributed by atoms with Gasteiger partial charge in [-0.05, 0) is 25.2 Å². The molecule has 2 heterocycles. The van der Waals surface area contributed by atoms with E-state index < -0.39 is 5.97 Å². The number of rotatable bonds is 6. The Kier molecular flexibility index (Phi) is 5.50. The summed E-state index contributed by atoms with van der Waals surface area (Å²) >= 11 is 0. The molecule has 21 heavy (non-hydrogen) atoms. The fourth-order valence-corrected chi connectivity index (χ4v) is 2.32. The number of carboxylic acid groups (broad SMARTS) is 1. The summed E-state index contributed by atoms with van der Waals surface area (Å²) in [6, 6.07) is 0. The molecule has 0 aromatic carbocycles. The molecular weight excluding hydrogens is 270 g/mol. The number of hydrogen-bond acceptors (Lipinski definition) is 5. The Bertz CT molecular complexity index is 454. The molecule has 0 spiro atoms. The molecule has 6 nitrogen and oxygen atoms in total. The number of ether oxygens (including phenoxy) is 1. The zero-order valence-corrected chi connectivity index (χ0v) is 12.7. The fraction of sp³-hybridized carbons (Fsp3) is 0.667. The third-order valence-electron chi connectivity index (χ3n) is 3.67. The maximum atomic E-state index is 10.7. The number of carbonyl (C=O) groups is 1. The van der Waals surface area contributed by atoms with Crippen molar-refractivity contribution in [1.29, 1.82) is 0 Å². The summed E-state index contributed by atoms with van der Waals surface area (Å²) < 4.78 is 5.89. The lowest BCUT2D eigenvalue weighted by molar-refractivity contribution is 0.0311. The van der Waals surface area contributed by atoms with Gasteiger partial charge in [0.2, 0.25) is 0 Å². The lowest BCUT2D eigenvalue weighted by atomic mass is 10.1. The predicted molar refractivity (Wildman–Crippen MR) is 79.6 cm³/mol. The molecule has 0 saturated carbocycles. The van der Waals surface area contributed by atoms with Crippen LogP contribution < -0.4 is 4.90 Å². The van der Waals surface area contributed by atoms with Crippen molar-refractivity contribution in [3.63, 3.8) is 0 Å². The van der Waals surface area contributed by atoms with Gasteiger partial charge < -0.3 is 14.7 Å². The first kappa shape index (κ1) is 15.7. The summed E-state index contributed by atoms with van der Waals surface area (Å²) in [6.07, 6.45) is 6.21. The van der Waals surface area contributed by atoms with Crippen LogP contribution in [0.5, 0.6) is 0 Å². The number of hydrogen-bond donors (Lipinski definition) is 1. The summed E-state index contributed by atoms with van der Waals surface area (Å²) in [5.74, 6) is 0.361. The van der Waals surface area contributed by atoms with Crippen LogP contribution in [-0.4, -0.2) is 46.8 Å². The van der Waals surface area contributed by atoms with E-state index in [-0.39, 0.29) is 5.69 Å². The molecule has 1 fully saturated rings. The number of carboxylic acids is 1. The molecule has 1 saturated heterocycles. The molecule has 1 aromatic rings. The minimum absolute atomic E-state index is 0.0225. The maximum absolute atomic E-state index is 10.7. The monoisotopic (exact) mass is 293 g/mol. The Balaban J connectivity index is 1.79. The Morgan fingerprint density at radius 1 is 1.38 bits per heavy atom. The highest BCUT2D eigenvalue weighted by Gasteiger charge is 2.21. The second-order valence-electron chi connectivity index (χ2n) is 5.80. The molecule has 0 aliphatic carbocycles. The number of aromatic carboxylic acids is 1. The lowest BCUT2D eigenvalue weighted by Gasteiger charge is -2.32. The van der Waals surface area contributed by atoms with Gasteiger partial charge in [-0.15, -0.1) is 0 Å². The molecule has 1 aliphatic heterocycles. The average molecular weight is 293 g/mol. The van der Waals surface area contributed by atoms with Crippen LogP contribution in [0.3, 0.4) is 0 Å². The molecule has 1 aromatic heterocycles. The van der Waals surface area contributed by atoms with Crippen LogP contribution in [-0.2, 0) is 4.74 Å². The highest BCUT2D eigenvalue weighted by atomic mass is 16.5. The normalized spacial score (nSPS) is 16.4. The first-order valence-corrected chi connectivity index (χ1v) is 7.48. The van der Waals surface area contributed by atoms with Gasteiger partial charge in [-0.1, -0.05) is 13.8 Å². The Hall–Kier alpha value is -1.69. The van der Waals surface area contributed by atoms with E-state index in [2.05, 4.69) is 28.7 Å². The van der Waals surface area contributed by atoms with Gasteiger partial charge in [0.1, 0.15) is 5.82 Å². The van der Waals surface area contributed by atoms with Gasteiger partial charge in [0.05, 0.1) is 18.5 Å². The van der Waals surface area contributed by atoms with Crippen molar-refractivity contribution >= 4 is 11.8 Å². The van der Waals surface area contributed by atoms with Crippen LogP contribution in [0.1, 0.15) is 43.6 Å². The first-order valence-electron chi connectivity index (χ1n) is 7.48. The average Bonchev–Trinajstić information content (AvgIpc) is 2.48. The van der Waals surface area contributed by atoms with Crippen LogP contribution >= 0.6 is 0 Å². The van der Waals surface area contributed by atoms with Crippen molar-refractivity contribution < 1.29 is 14.6 Å². The minimum Gasteiger partial charge on any atom is -0.476 e. The van der Waals surface area contributed by atoms with Gasteiger partial charge in [-0.25, -0.2) is 14.8 Å². The molecule has 116 valence electrons. The maximum Gasteiger partial charge on any atom is 0.356 e. The first-order chi connectivity index (χ1) is 10.1. The quantitative estimate of drug-likeness (QED) is 0.866. The Labute approximate surface area is 125 Å². The third-order valence-corrected chi connectivity index (χ3v) is 3.67. The number of aromatic nitrogens is 2. The molecule has 0 amide bonds. The standard InChI is InChI=1S/C15H23N3O3/c1-11(2)5-8-21-12-3-6-18(7-4-12)14-10-16-13(9-17-14)15(19)20/h9-12H,3-8H2,1-2H3,(H,19,20). The second kappa shape index (κ2) is 7.36. The summed E-state index contributed by atoms with van der Waals surface area (Å²) in [5.41, 5.74) is -0.0225. The van der Waals surface area contributed by atoms with Crippen LogP contribution in [0, 0.1) is 5.92 Å². The Morgan fingerprint density at radius 2 is 2.10 bits per heavy atom. The van der Waals surface area contributed by atoms with Crippen LogP contribution in [0.15, 0.2) is 12.4 Å². The summed E-state index contributed by atoms with van der Waals surface area (Å²) in [5, 5.41) is 8.81. The molecule has 0 bridgehead atoms. The molecule has 0 atom stereocenters. The molecule has 1 aliphatic rings. The van der Waals surface area contributed by atoms with E-state index in [4.69, 9.17) is 9.84 Å². The van der Waals surface area contributed by atoms with E-state index in [1.54, 1.807) is 0 Å². The number of nitrogens with zero attached hydrogens (tertiary/aromatic N) is 3. The smallest absolute Gasteiger partial charge is 0.356 e. The topological polar surface area (TPSA) is 75.5 Å². The van der Waals surface area contributed by atoms with E-state index in [0.29, 0.717) is 12.0 Å². The zero-order valence-electron chi connectivity index (χ0n) is 12.7. The SMILES string of the molecule is CC(C)CCOC1CCN(c2cnc(C(=O)O)cn2)CC1. The van der Waals surface area contributed by atoms with Crippen molar-refractivity contribution in [2.24, 2.45) is 5.92 Å². The Morgan fingerprint density at radius 3 is 2.62 bits per heavy atom. The van der Waals surface area contributed by atoms with Crippen LogP contribution in [0.4, 0.5) is 5.82 Å². The number of piperidine rings is 1. The highest BCUT2D eigenvalue weighted by molar-refractivity contribution is 5.84. The predicted octanol–water partition coefficient (Wildman–Crippen LogP) is 2.21. The molecule has 6 heteroatoms. The molecule has 2 rings (SSSR count). The van der Waals surface area contributed by atoms with Crippen molar-refractivity contribution in [2.45, 2.75) is 39.2 Å².